The Labute approximate surface area is 425 Å². The monoisotopic (exact) mass is 1020 g/mol. The van der Waals surface area contributed by atoms with Gasteiger partial charge in [0.15, 0.2) is 12.0 Å². The molecule has 0 aromatic heterocycles. The van der Waals surface area contributed by atoms with Crippen LogP contribution in [0.2, 0.25) is 0 Å². The number of aliphatic hydroxyl groups is 2. The van der Waals surface area contributed by atoms with Crippen LogP contribution in [0, 0.1) is 0 Å². The van der Waals surface area contributed by atoms with Gasteiger partial charge in [0.1, 0.15) is 28.5 Å². The van der Waals surface area contributed by atoms with Crippen molar-refractivity contribution >= 4 is 28.6 Å². The van der Waals surface area contributed by atoms with E-state index in [1.54, 1.807) is 4.90 Å². The van der Waals surface area contributed by atoms with Gasteiger partial charge < -0.3 is 43.4 Å². The minimum absolute atomic E-state index is 0.00885. The Morgan fingerprint density at radius 3 is 1.88 bits per heavy atom. The molecule has 0 bridgehead atoms. The van der Waals surface area contributed by atoms with Gasteiger partial charge >= 0.3 is 10.3 Å². The van der Waals surface area contributed by atoms with E-state index in [4.69, 9.17) is 23.1 Å². The first kappa shape index (κ1) is 54.6. The Morgan fingerprint density at radius 1 is 0.764 bits per heavy atom. The quantitative estimate of drug-likeness (QED) is 0.0752. The van der Waals surface area contributed by atoms with Crippen LogP contribution in [0.25, 0.3) is 0 Å². The number of aromatic hydroxyl groups is 1. The molecule has 5 atom stereocenters. The van der Waals surface area contributed by atoms with Crippen molar-refractivity contribution in [3.8, 4) is 23.0 Å². The highest BCUT2D eigenvalue weighted by molar-refractivity contribution is 7.84. The SMILES string of the molecule is CC(C)=CCC/C(C)=C/CC[C@@]1(C)Oc2c(c(O)cc3c2CN(CCC[C@@H](OC=O)N2Cc4c(cc(OS(=O)(=O)N5CCOCC5)c5c4O[C@](C)(CC/C=C(\C)CCC=C(C)C)[C@@H](O)C5)C2=O)C3=O)C[C@@H]1O. The van der Waals surface area contributed by atoms with E-state index in [0.717, 1.165) is 25.7 Å². The van der Waals surface area contributed by atoms with E-state index < -0.39 is 45.8 Å². The molecule has 17 heteroatoms. The number of phenolic OH excluding ortho intramolecular Hbond substituents is 1. The number of phenols is 1. The van der Waals surface area contributed by atoms with E-state index in [-0.39, 0.29) is 100 Å². The van der Waals surface area contributed by atoms with Gasteiger partial charge in [0.25, 0.3) is 18.3 Å². The summed E-state index contributed by atoms with van der Waals surface area (Å²) in [4.78, 5) is 43.5. The molecule has 1 fully saturated rings. The molecule has 5 heterocycles. The third kappa shape index (κ3) is 12.2. The number of morpholine rings is 1. The number of allylic oxidation sites excluding steroid dienone is 8. The average Bonchev–Trinajstić information content (AvgIpc) is 3.81. The molecule has 0 spiro atoms. The summed E-state index contributed by atoms with van der Waals surface area (Å²) in [7, 11) is -4.36. The van der Waals surface area contributed by atoms with Gasteiger partial charge in [-0.2, -0.15) is 12.7 Å². The van der Waals surface area contributed by atoms with Gasteiger partial charge in [-0.3, -0.25) is 19.3 Å². The largest absolute Gasteiger partial charge is 0.508 e. The first-order chi connectivity index (χ1) is 34.1. The Kier molecular flexibility index (Phi) is 17.4. The Hall–Kier alpha value is -5.20. The summed E-state index contributed by atoms with van der Waals surface area (Å²) in [5.41, 5.74) is 5.20. The van der Waals surface area contributed by atoms with E-state index >= 15 is 0 Å². The van der Waals surface area contributed by atoms with Crippen LogP contribution in [0.5, 0.6) is 23.0 Å². The predicted molar refractivity (Wildman–Crippen MR) is 272 cm³/mol. The van der Waals surface area contributed by atoms with Crippen LogP contribution in [0.15, 0.2) is 58.7 Å². The number of aliphatic hydroxyl groups excluding tert-OH is 2. The van der Waals surface area contributed by atoms with Gasteiger partial charge in [-0.05, 0) is 125 Å². The molecule has 72 heavy (non-hydrogen) atoms. The van der Waals surface area contributed by atoms with Crippen molar-refractivity contribution in [3.05, 3.63) is 92.1 Å². The second-order valence-corrected chi connectivity index (χ2v) is 22.6. The summed E-state index contributed by atoms with van der Waals surface area (Å²) in [6.07, 6.45) is 12.3. The molecule has 0 unspecified atom stereocenters. The fourth-order valence-electron chi connectivity index (χ4n) is 10.3. The van der Waals surface area contributed by atoms with Crippen molar-refractivity contribution in [2.75, 3.05) is 32.8 Å². The molecular weight excluding hydrogens is 943 g/mol. The summed E-state index contributed by atoms with van der Waals surface area (Å²) in [5, 5.41) is 34.1. The van der Waals surface area contributed by atoms with Crippen LogP contribution in [0.1, 0.15) is 163 Å². The van der Waals surface area contributed by atoms with Gasteiger partial charge in [-0.1, -0.05) is 46.6 Å². The van der Waals surface area contributed by atoms with E-state index in [2.05, 4.69) is 65.8 Å². The molecule has 2 amide bonds. The fourth-order valence-corrected chi connectivity index (χ4v) is 11.4. The molecule has 1 saturated heterocycles. The van der Waals surface area contributed by atoms with E-state index in [9.17, 15) is 38.1 Å². The third-order valence-electron chi connectivity index (χ3n) is 14.8. The lowest BCUT2D eigenvalue weighted by Crippen LogP contribution is -2.49. The fraction of sp³-hybridized carbons (Fsp3) is 0.582. The molecule has 5 aliphatic heterocycles. The molecular formula is C55H75N3O13S. The number of amides is 2. The zero-order valence-corrected chi connectivity index (χ0v) is 44.2. The lowest BCUT2D eigenvalue weighted by atomic mass is 9.84. The van der Waals surface area contributed by atoms with Crippen LogP contribution < -0.4 is 13.7 Å². The highest BCUT2D eigenvalue weighted by Crippen LogP contribution is 2.49. The molecule has 16 nitrogen and oxygen atoms in total. The van der Waals surface area contributed by atoms with E-state index in [1.165, 1.54) is 43.6 Å². The van der Waals surface area contributed by atoms with Crippen LogP contribution in [-0.2, 0) is 50.5 Å². The maximum absolute atomic E-state index is 14.5. The minimum Gasteiger partial charge on any atom is -0.508 e. The van der Waals surface area contributed by atoms with Crippen molar-refractivity contribution in [3.63, 3.8) is 0 Å². The van der Waals surface area contributed by atoms with Gasteiger partial charge in [-0.25, -0.2) is 0 Å². The number of fused-ring (bicyclic) bond motifs is 6. The number of carbonyl (C=O) groups is 3. The standard InChI is InChI=1S/C55H75N3O13S/c1-35(2)14-9-16-37(5)18-11-21-54(7)47(61)30-41-45(60)28-39-43(50(41)69-54)32-56(52(39)63)23-13-20-49(68-34-59)58-33-44-40(53(58)64)29-46(71-72(65,66)57-24-26-67-27-25-57)42-31-48(62)55(8,70-51(42)44)22-12-19-38(6)17-10-15-36(3)4/h14-15,18-19,28-29,34,47-49,60-62H,9-13,16-17,20-27,30-33H2,1-8H3/b37-18+,38-19+/t47-,48-,49+,54+,55+/m0/s1. The molecule has 394 valence electrons. The van der Waals surface area contributed by atoms with Crippen LogP contribution in [0.3, 0.4) is 0 Å². The van der Waals surface area contributed by atoms with E-state index in [0.29, 0.717) is 65.7 Å². The van der Waals surface area contributed by atoms with Crippen molar-refractivity contribution in [1.29, 1.82) is 0 Å². The van der Waals surface area contributed by atoms with Gasteiger partial charge in [-0.15, -0.1) is 0 Å². The zero-order chi connectivity index (χ0) is 52.1. The summed E-state index contributed by atoms with van der Waals surface area (Å²) in [6, 6.07) is 2.81. The number of nitrogens with zero attached hydrogens (tertiary/aromatic N) is 3. The molecule has 0 saturated carbocycles. The lowest BCUT2D eigenvalue weighted by molar-refractivity contribution is -0.141. The molecule has 3 N–H and O–H groups in total. The highest BCUT2D eigenvalue weighted by Gasteiger charge is 2.47. The van der Waals surface area contributed by atoms with Crippen LogP contribution >= 0.6 is 0 Å². The van der Waals surface area contributed by atoms with Crippen LogP contribution in [-0.4, -0.2) is 119 Å². The maximum atomic E-state index is 14.5. The second-order valence-electron chi connectivity index (χ2n) is 21.1. The average molecular weight is 1020 g/mol. The number of carbonyl (C=O) groups excluding carboxylic acids is 3. The summed E-state index contributed by atoms with van der Waals surface area (Å²) < 4.78 is 58.6. The predicted octanol–water partition coefficient (Wildman–Crippen LogP) is 8.29. The zero-order valence-electron chi connectivity index (χ0n) is 43.4. The normalized spacial score (nSPS) is 23.6. The number of hydrogen-bond acceptors (Lipinski definition) is 13. The molecule has 0 radical (unpaired) electrons. The lowest BCUT2D eigenvalue weighted by Gasteiger charge is -2.41. The topological polar surface area (TPSA) is 202 Å². The van der Waals surface area contributed by atoms with E-state index in [1.807, 2.05) is 13.8 Å². The Balaban J connectivity index is 1.07. The van der Waals surface area contributed by atoms with Crippen molar-refractivity contribution in [1.82, 2.24) is 14.1 Å². The highest BCUT2D eigenvalue weighted by atomic mass is 32.2. The summed E-state index contributed by atoms with van der Waals surface area (Å²) in [5.74, 6) is -0.439. The number of hydrogen-bond donors (Lipinski definition) is 3. The van der Waals surface area contributed by atoms with Crippen molar-refractivity contribution in [2.24, 2.45) is 0 Å². The van der Waals surface area contributed by atoms with Gasteiger partial charge in [0.05, 0.1) is 49.6 Å². The van der Waals surface area contributed by atoms with Crippen molar-refractivity contribution < 1.29 is 61.3 Å². The second kappa shape index (κ2) is 22.9. The number of ether oxygens (including phenoxy) is 4. The summed E-state index contributed by atoms with van der Waals surface area (Å²) >= 11 is 0. The van der Waals surface area contributed by atoms with Crippen molar-refractivity contribution in [2.45, 2.75) is 175 Å². The molecule has 5 aliphatic rings. The summed E-state index contributed by atoms with van der Waals surface area (Å²) in [6.45, 7) is 17.3. The Bertz CT molecular complexity index is 2610. The Morgan fingerprint density at radius 2 is 1.31 bits per heavy atom. The van der Waals surface area contributed by atoms with Crippen LogP contribution in [0.4, 0.5) is 0 Å². The molecule has 0 aliphatic carbocycles. The number of benzene rings is 2. The first-order valence-electron chi connectivity index (χ1n) is 25.5. The molecule has 7 rings (SSSR count). The van der Waals surface area contributed by atoms with Gasteiger partial charge in [0.2, 0.25) is 0 Å². The molecule has 2 aromatic carbocycles. The van der Waals surface area contributed by atoms with Gasteiger partial charge in [0, 0.05) is 61.2 Å². The molecule has 2 aromatic rings. The smallest absolute Gasteiger partial charge is 0.385 e. The third-order valence-corrected chi connectivity index (χ3v) is 16.2. The number of rotatable bonds is 22. The maximum Gasteiger partial charge on any atom is 0.385 e. The first-order valence-corrected chi connectivity index (χ1v) is 26.9. The minimum atomic E-state index is -4.36.